The summed E-state index contributed by atoms with van der Waals surface area (Å²) in [4.78, 5) is 34.8. The number of nitrogen functional groups attached to an aromatic ring is 1. The van der Waals surface area contributed by atoms with E-state index in [0.717, 1.165) is 50.0 Å². The Hall–Kier alpha value is -3.68. The lowest BCUT2D eigenvalue weighted by atomic mass is 9.93. The van der Waals surface area contributed by atoms with Crippen LogP contribution in [0.3, 0.4) is 0 Å². The van der Waals surface area contributed by atoms with Gasteiger partial charge in [-0.2, -0.15) is 0 Å². The highest BCUT2D eigenvalue weighted by Gasteiger charge is 2.25. The number of carboxylic acids is 1. The van der Waals surface area contributed by atoms with Gasteiger partial charge in [-0.3, -0.25) is 9.59 Å². The van der Waals surface area contributed by atoms with Crippen LogP contribution < -0.4 is 5.73 Å². The molecule has 4 rings (SSSR count). The van der Waals surface area contributed by atoms with Gasteiger partial charge in [0, 0.05) is 32.0 Å². The van der Waals surface area contributed by atoms with E-state index in [1.807, 2.05) is 46.0 Å². The van der Waals surface area contributed by atoms with Crippen molar-refractivity contribution in [2.45, 2.75) is 44.6 Å². The highest BCUT2D eigenvalue weighted by Crippen LogP contribution is 2.24. The first kappa shape index (κ1) is 23.5. The monoisotopic (exact) mass is 461 g/mol. The number of nitrogens with zero attached hydrogens (tertiary/aromatic N) is 4. The molecule has 0 spiro atoms. The zero-order chi connectivity index (χ0) is 23.9. The van der Waals surface area contributed by atoms with Crippen molar-refractivity contribution in [1.82, 2.24) is 19.4 Å². The number of hydrogen-bond donors (Lipinski definition) is 2. The predicted octanol–water partition coefficient (Wildman–Crippen LogP) is 3.14. The average molecular weight is 462 g/mol. The SMILES string of the molecule is Nc1ccc(CC(C(=O)O)c2cn(CCC3CCN(C(=O)Cc4ccccc4)CC3)cn2)cn1. The van der Waals surface area contributed by atoms with Crippen molar-refractivity contribution >= 4 is 17.7 Å². The van der Waals surface area contributed by atoms with Gasteiger partial charge in [0.15, 0.2) is 0 Å². The molecule has 1 aromatic carbocycles. The Kier molecular flexibility index (Phi) is 7.57. The van der Waals surface area contributed by atoms with Crippen LogP contribution in [0.15, 0.2) is 61.2 Å². The van der Waals surface area contributed by atoms with E-state index in [9.17, 15) is 14.7 Å². The standard InChI is InChI=1S/C26H31N5O3/c27-24-7-6-21(16-28-24)14-22(26(33)34)23-17-30(18-29-23)11-8-19-9-12-31(13-10-19)25(32)15-20-4-2-1-3-5-20/h1-7,16-19,22H,8-15H2,(H2,27,28)(H,33,34). The fourth-order valence-electron chi connectivity index (χ4n) is 4.48. The maximum absolute atomic E-state index is 12.6. The van der Waals surface area contributed by atoms with Gasteiger partial charge in [0.2, 0.25) is 5.91 Å². The van der Waals surface area contributed by atoms with Gasteiger partial charge >= 0.3 is 5.97 Å². The highest BCUT2D eigenvalue weighted by atomic mass is 16.4. The minimum atomic E-state index is -0.908. The number of aliphatic carboxylic acids is 1. The van der Waals surface area contributed by atoms with Gasteiger partial charge in [0.1, 0.15) is 11.7 Å². The summed E-state index contributed by atoms with van der Waals surface area (Å²) >= 11 is 0. The molecule has 1 fully saturated rings. The molecular weight excluding hydrogens is 430 g/mol. The lowest BCUT2D eigenvalue weighted by Gasteiger charge is -2.32. The first-order valence-electron chi connectivity index (χ1n) is 11.7. The predicted molar refractivity (Wildman–Crippen MR) is 129 cm³/mol. The van der Waals surface area contributed by atoms with E-state index < -0.39 is 11.9 Å². The topological polar surface area (TPSA) is 114 Å². The summed E-state index contributed by atoms with van der Waals surface area (Å²) in [6.45, 7) is 2.37. The third-order valence-corrected chi connectivity index (χ3v) is 6.56. The number of carboxylic acid groups (broad SMARTS) is 1. The van der Waals surface area contributed by atoms with Gasteiger partial charge in [-0.15, -0.1) is 0 Å². The first-order valence-corrected chi connectivity index (χ1v) is 11.7. The van der Waals surface area contributed by atoms with Crippen molar-refractivity contribution in [2.24, 2.45) is 5.92 Å². The molecule has 34 heavy (non-hydrogen) atoms. The van der Waals surface area contributed by atoms with Crippen LogP contribution in [0.2, 0.25) is 0 Å². The Labute approximate surface area is 199 Å². The summed E-state index contributed by atoms with van der Waals surface area (Å²) in [5, 5.41) is 9.72. The number of pyridine rings is 1. The van der Waals surface area contributed by atoms with Crippen LogP contribution in [0.1, 0.15) is 42.0 Å². The number of imidazole rings is 1. The quantitative estimate of drug-likeness (QED) is 0.506. The smallest absolute Gasteiger partial charge is 0.312 e. The Morgan fingerprint density at radius 2 is 1.82 bits per heavy atom. The molecule has 1 saturated heterocycles. The van der Waals surface area contributed by atoms with Crippen LogP contribution in [0.25, 0.3) is 0 Å². The van der Waals surface area contributed by atoms with E-state index >= 15 is 0 Å². The maximum atomic E-state index is 12.6. The molecule has 1 atom stereocenters. The van der Waals surface area contributed by atoms with Crippen LogP contribution in [-0.4, -0.2) is 49.5 Å². The summed E-state index contributed by atoms with van der Waals surface area (Å²) in [5.41, 5.74) is 8.03. The summed E-state index contributed by atoms with van der Waals surface area (Å²) in [5.74, 6) is -0.492. The van der Waals surface area contributed by atoms with Crippen LogP contribution in [0, 0.1) is 5.92 Å². The Balaban J connectivity index is 1.25. The largest absolute Gasteiger partial charge is 0.481 e. The molecule has 0 aliphatic carbocycles. The fraction of sp³-hybridized carbons (Fsp3) is 0.385. The molecule has 0 bridgehead atoms. The van der Waals surface area contributed by atoms with Crippen LogP contribution >= 0.6 is 0 Å². The molecule has 1 unspecified atom stereocenters. The average Bonchev–Trinajstić information content (AvgIpc) is 3.31. The number of hydrogen-bond acceptors (Lipinski definition) is 5. The van der Waals surface area contributed by atoms with Gasteiger partial charge < -0.3 is 20.3 Å². The number of likely N-dealkylation sites (tertiary alicyclic amines) is 1. The molecule has 1 amide bonds. The van der Waals surface area contributed by atoms with E-state index in [1.54, 1.807) is 24.7 Å². The molecule has 0 radical (unpaired) electrons. The number of rotatable bonds is 9. The number of amides is 1. The van der Waals surface area contributed by atoms with Crippen molar-refractivity contribution < 1.29 is 14.7 Å². The van der Waals surface area contributed by atoms with Gasteiger partial charge in [-0.05, 0) is 48.8 Å². The molecule has 3 N–H and O–H groups in total. The van der Waals surface area contributed by atoms with E-state index in [2.05, 4.69) is 9.97 Å². The minimum Gasteiger partial charge on any atom is -0.481 e. The molecular formula is C26H31N5O3. The minimum absolute atomic E-state index is 0.194. The Bertz CT molecular complexity index is 1090. The second-order valence-electron chi connectivity index (χ2n) is 9.00. The Morgan fingerprint density at radius 3 is 2.50 bits per heavy atom. The summed E-state index contributed by atoms with van der Waals surface area (Å²) in [6.07, 6.45) is 8.89. The molecule has 0 saturated carbocycles. The lowest BCUT2D eigenvalue weighted by Crippen LogP contribution is -2.39. The number of anilines is 1. The van der Waals surface area contributed by atoms with Gasteiger partial charge in [-0.1, -0.05) is 36.4 Å². The van der Waals surface area contributed by atoms with Crippen molar-refractivity contribution in [3.8, 4) is 0 Å². The van der Waals surface area contributed by atoms with Gasteiger partial charge in [-0.25, -0.2) is 9.97 Å². The van der Waals surface area contributed by atoms with E-state index in [-0.39, 0.29) is 5.91 Å². The molecule has 8 heteroatoms. The van der Waals surface area contributed by atoms with Crippen molar-refractivity contribution in [2.75, 3.05) is 18.8 Å². The summed E-state index contributed by atoms with van der Waals surface area (Å²) in [6, 6.07) is 13.3. The molecule has 1 aliphatic rings. The fourth-order valence-corrected chi connectivity index (χ4v) is 4.48. The van der Waals surface area contributed by atoms with Crippen LogP contribution in [0.5, 0.6) is 0 Å². The van der Waals surface area contributed by atoms with E-state index in [0.29, 0.717) is 30.3 Å². The summed E-state index contributed by atoms with van der Waals surface area (Å²) < 4.78 is 1.97. The molecule has 3 heterocycles. The number of benzene rings is 1. The third-order valence-electron chi connectivity index (χ3n) is 6.56. The number of carbonyl (C=O) groups excluding carboxylic acids is 1. The summed E-state index contributed by atoms with van der Waals surface area (Å²) in [7, 11) is 0. The Morgan fingerprint density at radius 1 is 1.06 bits per heavy atom. The van der Waals surface area contributed by atoms with Crippen LogP contribution in [-0.2, 0) is 29.0 Å². The zero-order valence-electron chi connectivity index (χ0n) is 19.2. The first-order chi connectivity index (χ1) is 16.5. The number of carbonyl (C=O) groups is 2. The number of nitrogens with two attached hydrogens (primary N) is 1. The molecule has 3 aromatic rings. The second-order valence-corrected chi connectivity index (χ2v) is 9.00. The maximum Gasteiger partial charge on any atom is 0.312 e. The van der Waals surface area contributed by atoms with Crippen molar-refractivity contribution in [3.05, 3.63) is 78.0 Å². The third kappa shape index (κ3) is 6.21. The number of aromatic nitrogens is 3. The molecule has 2 aromatic heterocycles. The second kappa shape index (κ2) is 11.0. The van der Waals surface area contributed by atoms with Gasteiger partial charge in [0.05, 0.1) is 18.4 Å². The van der Waals surface area contributed by atoms with E-state index in [1.165, 1.54) is 0 Å². The molecule has 1 aliphatic heterocycles. The van der Waals surface area contributed by atoms with E-state index in [4.69, 9.17) is 5.73 Å². The number of aryl methyl sites for hydroxylation is 1. The van der Waals surface area contributed by atoms with Crippen molar-refractivity contribution in [1.29, 1.82) is 0 Å². The normalized spacial score (nSPS) is 15.2. The molecule has 8 nitrogen and oxygen atoms in total. The highest BCUT2D eigenvalue weighted by molar-refractivity contribution is 5.78. The number of piperidine rings is 1. The lowest BCUT2D eigenvalue weighted by molar-refractivity contribution is -0.139. The zero-order valence-corrected chi connectivity index (χ0v) is 19.2. The molecule has 178 valence electrons. The van der Waals surface area contributed by atoms with Crippen LogP contribution in [0.4, 0.5) is 5.82 Å². The van der Waals surface area contributed by atoms with Crippen molar-refractivity contribution in [3.63, 3.8) is 0 Å². The van der Waals surface area contributed by atoms with Gasteiger partial charge in [0.25, 0.3) is 0 Å².